The molecule has 0 atom stereocenters. The number of hydrogen-bond donors (Lipinski definition) is 0. The predicted octanol–water partition coefficient (Wildman–Crippen LogP) is 3.09. The first-order valence-corrected chi connectivity index (χ1v) is 8.22. The van der Waals surface area contributed by atoms with Crippen LogP contribution in [0.25, 0.3) is 0 Å². The van der Waals surface area contributed by atoms with Gasteiger partial charge in [-0.1, -0.05) is 23.8 Å². The van der Waals surface area contributed by atoms with Crippen molar-refractivity contribution >= 4 is 10.1 Å². The molecule has 2 aromatic carbocycles. The minimum absolute atomic E-state index is 0.115. The van der Waals surface area contributed by atoms with Gasteiger partial charge in [-0.3, -0.25) is 0 Å². The molecule has 1 aliphatic heterocycles. The first-order valence-electron chi connectivity index (χ1n) is 6.81. The Morgan fingerprint density at radius 1 is 1.10 bits per heavy atom. The van der Waals surface area contributed by atoms with E-state index < -0.39 is 10.1 Å². The standard InChI is InChI=1S/C16H16O4S/c1-12-4-7-14(8-5-12)20-21(17,18)15-9-6-13-3-2-10-19-16(13)11-15/h4-9,11H,2-3,10H2,1H3. The van der Waals surface area contributed by atoms with Gasteiger partial charge in [0, 0.05) is 6.07 Å². The monoisotopic (exact) mass is 304 g/mol. The van der Waals surface area contributed by atoms with Gasteiger partial charge < -0.3 is 8.92 Å². The Balaban J connectivity index is 1.89. The first-order chi connectivity index (χ1) is 10.0. The van der Waals surface area contributed by atoms with Crippen molar-refractivity contribution in [1.82, 2.24) is 0 Å². The maximum Gasteiger partial charge on any atom is 0.339 e. The Morgan fingerprint density at radius 2 is 1.86 bits per heavy atom. The average molecular weight is 304 g/mol. The van der Waals surface area contributed by atoms with Crippen LogP contribution in [0.2, 0.25) is 0 Å². The second kappa shape index (κ2) is 5.41. The van der Waals surface area contributed by atoms with Gasteiger partial charge in [-0.25, -0.2) is 0 Å². The molecule has 0 aromatic heterocycles. The van der Waals surface area contributed by atoms with Crippen LogP contribution in [0.15, 0.2) is 47.4 Å². The van der Waals surface area contributed by atoms with Crippen molar-refractivity contribution in [3.8, 4) is 11.5 Å². The van der Waals surface area contributed by atoms with Crippen molar-refractivity contribution in [2.75, 3.05) is 6.61 Å². The summed E-state index contributed by atoms with van der Waals surface area (Å²) in [5, 5.41) is 0. The van der Waals surface area contributed by atoms with Crippen LogP contribution in [-0.4, -0.2) is 15.0 Å². The Bertz CT molecular complexity index is 748. The summed E-state index contributed by atoms with van der Waals surface area (Å²) in [6.45, 7) is 2.55. The number of hydrogen-bond acceptors (Lipinski definition) is 4. The Kier molecular flexibility index (Phi) is 3.59. The van der Waals surface area contributed by atoms with Crippen molar-refractivity contribution < 1.29 is 17.3 Å². The number of benzene rings is 2. The van der Waals surface area contributed by atoms with Gasteiger partial charge >= 0.3 is 10.1 Å². The second-order valence-corrected chi connectivity index (χ2v) is 6.62. The zero-order chi connectivity index (χ0) is 14.9. The fraction of sp³-hybridized carbons (Fsp3) is 0.250. The molecule has 0 N–H and O–H groups in total. The summed E-state index contributed by atoms with van der Waals surface area (Å²) in [6.07, 6.45) is 1.87. The molecule has 0 unspecified atom stereocenters. The zero-order valence-corrected chi connectivity index (χ0v) is 12.5. The Morgan fingerprint density at radius 3 is 2.62 bits per heavy atom. The largest absolute Gasteiger partial charge is 0.493 e. The molecule has 0 fully saturated rings. The smallest absolute Gasteiger partial charge is 0.339 e. The summed E-state index contributed by atoms with van der Waals surface area (Å²) >= 11 is 0. The summed E-state index contributed by atoms with van der Waals surface area (Å²) in [7, 11) is -3.84. The predicted molar refractivity (Wildman–Crippen MR) is 79.3 cm³/mol. The fourth-order valence-corrected chi connectivity index (χ4v) is 3.19. The SMILES string of the molecule is Cc1ccc(OS(=O)(=O)c2ccc3c(c2)OCCC3)cc1. The maximum absolute atomic E-state index is 12.3. The molecule has 0 spiro atoms. The maximum atomic E-state index is 12.3. The van der Waals surface area contributed by atoms with Crippen molar-refractivity contribution in [3.05, 3.63) is 53.6 Å². The lowest BCUT2D eigenvalue weighted by Crippen LogP contribution is -2.13. The van der Waals surface area contributed by atoms with Crippen molar-refractivity contribution in [2.45, 2.75) is 24.7 Å². The normalized spacial score (nSPS) is 14.1. The third-order valence-corrected chi connectivity index (χ3v) is 4.65. The molecule has 21 heavy (non-hydrogen) atoms. The molecule has 0 aliphatic carbocycles. The molecule has 3 rings (SSSR count). The minimum atomic E-state index is -3.84. The van der Waals surface area contributed by atoms with E-state index in [0.717, 1.165) is 24.0 Å². The number of aryl methyl sites for hydroxylation is 2. The molecule has 1 aliphatic rings. The van der Waals surface area contributed by atoms with Crippen molar-refractivity contribution in [3.63, 3.8) is 0 Å². The highest BCUT2D eigenvalue weighted by atomic mass is 32.2. The summed E-state index contributed by atoms with van der Waals surface area (Å²) in [5.74, 6) is 0.939. The number of fused-ring (bicyclic) bond motifs is 1. The first kappa shape index (κ1) is 13.9. The van der Waals surface area contributed by atoms with Crippen LogP contribution in [0.5, 0.6) is 11.5 Å². The summed E-state index contributed by atoms with van der Waals surface area (Å²) in [4.78, 5) is 0.115. The van der Waals surface area contributed by atoms with E-state index in [1.54, 1.807) is 36.4 Å². The number of rotatable bonds is 3. The third kappa shape index (κ3) is 3.03. The quantitative estimate of drug-likeness (QED) is 0.818. The molecule has 0 radical (unpaired) electrons. The van der Waals surface area contributed by atoms with Gasteiger partial charge in [0.2, 0.25) is 0 Å². The van der Waals surface area contributed by atoms with Gasteiger partial charge in [0.1, 0.15) is 16.4 Å². The molecule has 0 bridgehead atoms. The lowest BCUT2D eigenvalue weighted by Gasteiger charge is -2.17. The van der Waals surface area contributed by atoms with Crippen LogP contribution in [0.4, 0.5) is 0 Å². The van der Waals surface area contributed by atoms with E-state index in [4.69, 9.17) is 8.92 Å². The van der Waals surface area contributed by atoms with E-state index in [1.807, 2.05) is 6.92 Å². The topological polar surface area (TPSA) is 52.6 Å². The van der Waals surface area contributed by atoms with E-state index in [9.17, 15) is 8.42 Å². The lowest BCUT2D eigenvalue weighted by molar-refractivity contribution is 0.287. The molecule has 0 amide bonds. The van der Waals surface area contributed by atoms with Crippen LogP contribution in [0.1, 0.15) is 17.5 Å². The minimum Gasteiger partial charge on any atom is -0.493 e. The van der Waals surface area contributed by atoms with Crippen LogP contribution >= 0.6 is 0 Å². The Labute approximate surface area is 124 Å². The molecule has 2 aromatic rings. The second-order valence-electron chi connectivity index (χ2n) is 5.07. The highest BCUT2D eigenvalue weighted by Gasteiger charge is 2.20. The molecule has 1 heterocycles. The summed E-state index contributed by atoms with van der Waals surface area (Å²) in [5.41, 5.74) is 2.08. The molecule has 0 saturated heterocycles. The van der Waals surface area contributed by atoms with Crippen molar-refractivity contribution in [2.24, 2.45) is 0 Å². The van der Waals surface area contributed by atoms with E-state index in [2.05, 4.69) is 0 Å². The van der Waals surface area contributed by atoms with E-state index >= 15 is 0 Å². The highest BCUT2D eigenvalue weighted by Crippen LogP contribution is 2.29. The van der Waals surface area contributed by atoms with Gasteiger partial charge in [-0.2, -0.15) is 8.42 Å². The summed E-state index contributed by atoms with van der Waals surface area (Å²) < 4.78 is 35.2. The van der Waals surface area contributed by atoms with E-state index in [-0.39, 0.29) is 4.90 Å². The average Bonchev–Trinajstić information content (AvgIpc) is 2.49. The van der Waals surface area contributed by atoms with Gasteiger partial charge in [0.25, 0.3) is 0 Å². The van der Waals surface area contributed by atoms with Gasteiger partial charge in [0.05, 0.1) is 6.61 Å². The fourth-order valence-electron chi connectivity index (χ4n) is 2.24. The molecule has 4 nitrogen and oxygen atoms in total. The van der Waals surface area contributed by atoms with Crippen LogP contribution in [-0.2, 0) is 16.5 Å². The van der Waals surface area contributed by atoms with Crippen LogP contribution in [0.3, 0.4) is 0 Å². The molecular formula is C16H16O4S. The third-order valence-electron chi connectivity index (χ3n) is 3.40. The Hall–Kier alpha value is -2.01. The zero-order valence-electron chi connectivity index (χ0n) is 11.7. The molecule has 5 heteroatoms. The van der Waals surface area contributed by atoms with E-state index in [0.29, 0.717) is 18.1 Å². The summed E-state index contributed by atoms with van der Waals surface area (Å²) in [6, 6.07) is 11.8. The van der Waals surface area contributed by atoms with Crippen molar-refractivity contribution in [1.29, 1.82) is 0 Å². The molecule has 110 valence electrons. The number of ether oxygens (including phenoxy) is 1. The van der Waals surface area contributed by atoms with Gasteiger partial charge in [-0.15, -0.1) is 0 Å². The highest BCUT2D eigenvalue weighted by molar-refractivity contribution is 7.87. The van der Waals surface area contributed by atoms with Crippen LogP contribution < -0.4 is 8.92 Å². The van der Waals surface area contributed by atoms with E-state index in [1.165, 1.54) is 6.07 Å². The lowest BCUT2D eigenvalue weighted by atomic mass is 10.1. The molecule has 0 saturated carbocycles. The van der Waals surface area contributed by atoms with Crippen LogP contribution in [0, 0.1) is 6.92 Å². The van der Waals surface area contributed by atoms with Gasteiger partial charge in [-0.05, 0) is 43.5 Å². The molecular weight excluding hydrogens is 288 g/mol. The van der Waals surface area contributed by atoms with Gasteiger partial charge in [0.15, 0.2) is 0 Å².